The van der Waals surface area contributed by atoms with Gasteiger partial charge in [-0.15, -0.1) is 0 Å². The molecule has 1 heterocycles. The van der Waals surface area contributed by atoms with Crippen LogP contribution in [0.2, 0.25) is 0 Å². The third-order valence-electron chi connectivity index (χ3n) is 9.47. The van der Waals surface area contributed by atoms with E-state index in [1.165, 1.54) is 32.1 Å². The van der Waals surface area contributed by atoms with Gasteiger partial charge in [-0.25, -0.2) is 4.79 Å². The first-order chi connectivity index (χ1) is 12.5. The van der Waals surface area contributed by atoms with Gasteiger partial charge in [-0.1, -0.05) is 12.5 Å². The number of carbonyl (C=O) groups is 2. The normalized spacial score (nSPS) is 50.3. The zero-order valence-corrected chi connectivity index (χ0v) is 15.6. The summed E-state index contributed by atoms with van der Waals surface area (Å²) in [5, 5.41) is 0. The Morgan fingerprint density at radius 1 is 1.04 bits per heavy atom. The average Bonchev–Trinajstić information content (AvgIpc) is 3.19. The van der Waals surface area contributed by atoms with E-state index in [2.05, 4.69) is 19.1 Å². The summed E-state index contributed by atoms with van der Waals surface area (Å²) >= 11 is 0. The predicted molar refractivity (Wildman–Crippen MR) is 97.1 cm³/mol. The summed E-state index contributed by atoms with van der Waals surface area (Å²) < 4.78 is 5.94. The van der Waals surface area contributed by atoms with E-state index in [0.29, 0.717) is 23.0 Å². The second kappa shape index (κ2) is 4.72. The monoisotopic (exact) mass is 352 g/mol. The summed E-state index contributed by atoms with van der Waals surface area (Å²) in [5.41, 5.74) is 1.66. The minimum Gasteiger partial charge on any atom is -0.451 e. The summed E-state index contributed by atoms with van der Waals surface area (Å²) in [5.74, 6) is 3.02. The van der Waals surface area contributed by atoms with Crippen LogP contribution in [-0.4, -0.2) is 17.4 Å². The molecule has 6 rings (SSSR count). The molecule has 26 heavy (non-hydrogen) atoms. The van der Waals surface area contributed by atoms with Crippen LogP contribution < -0.4 is 0 Å². The van der Waals surface area contributed by atoms with Gasteiger partial charge in [0.1, 0.15) is 5.60 Å². The molecular weight excluding hydrogens is 324 g/mol. The van der Waals surface area contributed by atoms with Gasteiger partial charge in [0.05, 0.1) is 0 Å². The van der Waals surface area contributed by atoms with Crippen LogP contribution in [0.3, 0.4) is 0 Å². The Bertz CT molecular complexity index is 772. The van der Waals surface area contributed by atoms with Gasteiger partial charge in [-0.2, -0.15) is 0 Å². The maximum absolute atomic E-state index is 12.1. The summed E-state index contributed by atoms with van der Waals surface area (Å²) in [6.07, 6.45) is 16.1. The average molecular weight is 352 g/mol. The standard InChI is InChI=1S/C23H28O3/c1-21-7-4-15-16-3-2-14(24)12-19(16)22(10-11-22)13-17(15)18(21)5-8-23(21)9-6-20(25)26-23/h6,9,12,15-18H,2-5,7-8,10-11,13H2,1H3/t15?,16-,17?,18?,21+,23-/m1/s1. The van der Waals surface area contributed by atoms with E-state index in [9.17, 15) is 9.59 Å². The van der Waals surface area contributed by atoms with Crippen LogP contribution in [0, 0.1) is 34.5 Å². The summed E-state index contributed by atoms with van der Waals surface area (Å²) in [4.78, 5) is 24.0. The topological polar surface area (TPSA) is 43.4 Å². The van der Waals surface area contributed by atoms with Crippen molar-refractivity contribution in [1.82, 2.24) is 0 Å². The van der Waals surface area contributed by atoms with E-state index in [4.69, 9.17) is 4.74 Å². The van der Waals surface area contributed by atoms with Crippen molar-refractivity contribution < 1.29 is 14.3 Å². The molecule has 4 fully saturated rings. The molecular formula is C23H28O3. The van der Waals surface area contributed by atoms with Crippen molar-refractivity contribution in [2.45, 2.75) is 70.3 Å². The van der Waals surface area contributed by atoms with Gasteiger partial charge in [-0.3, -0.25) is 4.79 Å². The molecule has 6 atom stereocenters. The van der Waals surface area contributed by atoms with E-state index in [-0.39, 0.29) is 17.0 Å². The number of rotatable bonds is 0. The number of carbonyl (C=O) groups excluding carboxylic acids is 2. The van der Waals surface area contributed by atoms with Crippen LogP contribution in [-0.2, 0) is 14.3 Å². The molecule has 0 N–H and O–H groups in total. The van der Waals surface area contributed by atoms with E-state index < -0.39 is 0 Å². The molecule has 2 spiro atoms. The Balaban J connectivity index is 1.39. The summed E-state index contributed by atoms with van der Waals surface area (Å²) in [6.45, 7) is 2.40. The smallest absolute Gasteiger partial charge is 0.331 e. The Morgan fingerprint density at radius 3 is 2.62 bits per heavy atom. The predicted octanol–water partition coefficient (Wildman–Crippen LogP) is 4.37. The fraction of sp³-hybridized carbons (Fsp3) is 0.739. The maximum Gasteiger partial charge on any atom is 0.331 e. The molecule has 5 aliphatic carbocycles. The highest BCUT2D eigenvalue weighted by Crippen LogP contribution is 2.72. The number of allylic oxidation sites excluding steroid dienone is 1. The number of esters is 1. The van der Waals surface area contributed by atoms with Crippen molar-refractivity contribution in [2.24, 2.45) is 34.5 Å². The summed E-state index contributed by atoms with van der Waals surface area (Å²) in [6, 6.07) is 0. The highest BCUT2D eigenvalue weighted by Gasteiger charge is 2.67. The number of hydrogen-bond donors (Lipinski definition) is 0. The molecule has 3 unspecified atom stereocenters. The quantitative estimate of drug-likeness (QED) is 0.608. The molecule has 0 aromatic rings. The maximum atomic E-state index is 12.1. The third-order valence-corrected chi connectivity index (χ3v) is 9.47. The van der Waals surface area contributed by atoms with E-state index in [0.717, 1.165) is 37.5 Å². The lowest BCUT2D eigenvalue weighted by atomic mass is 9.48. The molecule has 0 aromatic carbocycles. The third kappa shape index (κ3) is 1.75. The molecule has 4 saturated carbocycles. The van der Waals surface area contributed by atoms with Crippen molar-refractivity contribution in [3.8, 4) is 0 Å². The molecule has 0 bridgehead atoms. The van der Waals surface area contributed by atoms with Crippen LogP contribution in [0.4, 0.5) is 0 Å². The minimum absolute atomic E-state index is 0.0958. The molecule has 3 nitrogen and oxygen atoms in total. The van der Waals surface area contributed by atoms with Crippen LogP contribution in [0.25, 0.3) is 0 Å². The number of hydrogen-bond acceptors (Lipinski definition) is 3. The van der Waals surface area contributed by atoms with Gasteiger partial charge in [0.25, 0.3) is 0 Å². The van der Waals surface area contributed by atoms with Crippen molar-refractivity contribution in [3.63, 3.8) is 0 Å². The van der Waals surface area contributed by atoms with Crippen LogP contribution in [0.15, 0.2) is 23.8 Å². The molecule has 0 amide bonds. The van der Waals surface area contributed by atoms with Gasteiger partial charge < -0.3 is 4.74 Å². The largest absolute Gasteiger partial charge is 0.451 e. The summed E-state index contributed by atoms with van der Waals surface area (Å²) in [7, 11) is 0. The molecule has 138 valence electrons. The molecule has 0 aromatic heterocycles. The van der Waals surface area contributed by atoms with Gasteiger partial charge >= 0.3 is 5.97 Å². The number of ether oxygens (including phenoxy) is 1. The Morgan fingerprint density at radius 2 is 1.88 bits per heavy atom. The van der Waals surface area contributed by atoms with Gasteiger partial charge in [-0.05, 0) is 92.6 Å². The molecule has 0 radical (unpaired) electrons. The highest BCUT2D eigenvalue weighted by molar-refractivity contribution is 5.91. The van der Waals surface area contributed by atoms with Gasteiger partial charge in [0.2, 0.25) is 0 Å². The lowest BCUT2D eigenvalue weighted by Gasteiger charge is -2.57. The Labute approximate surface area is 155 Å². The number of ketones is 1. The number of fused-ring (bicyclic) bond motifs is 7. The lowest BCUT2D eigenvalue weighted by molar-refractivity contribution is -0.161. The minimum atomic E-state index is -0.338. The van der Waals surface area contributed by atoms with Crippen LogP contribution in [0.1, 0.15) is 64.7 Å². The van der Waals surface area contributed by atoms with E-state index in [1.54, 1.807) is 11.6 Å². The highest BCUT2D eigenvalue weighted by atomic mass is 16.6. The fourth-order valence-corrected chi connectivity index (χ4v) is 8.04. The zero-order valence-electron chi connectivity index (χ0n) is 15.6. The molecule has 3 heteroatoms. The Kier molecular flexibility index (Phi) is 2.84. The zero-order chi connectivity index (χ0) is 17.7. The first kappa shape index (κ1) is 15.7. The van der Waals surface area contributed by atoms with Crippen molar-refractivity contribution in [1.29, 1.82) is 0 Å². The van der Waals surface area contributed by atoms with Gasteiger partial charge in [0, 0.05) is 17.9 Å². The van der Waals surface area contributed by atoms with Crippen LogP contribution >= 0.6 is 0 Å². The second-order valence-electron chi connectivity index (χ2n) is 10.3. The second-order valence-corrected chi connectivity index (χ2v) is 10.3. The van der Waals surface area contributed by atoms with Crippen LogP contribution in [0.5, 0.6) is 0 Å². The van der Waals surface area contributed by atoms with E-state index in [1.807, 2.05) is 0 Å². The Hall–Kier alpha value is -1.38. The van der Waals surface area contributed by atoms with E-state index >= 15 is 0 Å². The van der Waals surface area contributed by atoms with Crippen molar-refractivity contribution in [2.75, 3.05) is 0 Å². The molecule has 0 saturated heterocycles. The van der Waals surface area contributed by atoms with Gasteiger partial charge in [0.15, 0.2) is 5.78 Å². The van der Waals surface area contributed by atoms with Crippen molar-refractivity contribution >= 4 is 11.8 Å². The molecule has 6 aliphatic rings. The fourth-order valence-electron chi connectivity index (χ4n) is 8.04. The molecule has 1 aliphatic heterocycles. The lowest BCUT2D eigenvalue weighted by Crippen LogP contribution is -2.53. The SMILES string of the molecule is C[C@]12CCC3C(CC4(CC4)C4=CC(=O)CC[C@@H]43)C1CC[C@@]21C=CC(=O)O1. The first-order valence-electron chi connectivity index (χ1n) is 10.6. The first-order valence-corrected chi connectivity index (χ1v) is 10.6. The van der Waals surface area contributed by atoms with Crippen molar-refractivity contribution in [3.05, 3.63) is 23.8 Å².